The van der Waals surface area contributed by atoms with Gasteiger partial charge in [0.15, 0.2) is 6.61 Å². The standard InChI is InChI=1S/C23H25FN2O3/c1-16-3-2-4-19(13-16)29-15-22(27)25-9-11-26(12-10-25)23(28)21-14-20(21)17-5-7-18(24)8-6-17/h2-8,13,20-21H,9-12,14-15H2,1H3. The largest absolute Gasteiger partial charge is 0.484 e. The predicted molar refractivity (Wildman–Crippen MR) is 107 cm³/mol. The zero-order valence-electron chi connectivity index (χ0n) is 16.5. The van der Waals surface area contributed by atoms with Gasteiger partial charge in [-0.25, -0.2) is 4.39 Å². The zero-order chi connectivity index (χ0) is 20.4. The minimum absolute atomic E-state index is 0.00661. The molecule has 2 aliphatic rings. The molecule has 2 unspecified atom stereocenters. The SMILES string of the molecule is Cc1cccc(OCC(=O)N2CCN(C(=O)C3CC3c3ccc(F)cc3)CC2)c1. The van der Waals surface area contributed by atoms with Crippen LogP contribution in [0.4, 0.5) is 4.39 Å². The predicted octanol–water partition coefficient (Wildman–Crippen LogP) is 2.99. The molecule has 0 spiro atoms. The Morgan fingerprint density at radius 3 is 2.41 bits per heavy atom. The van der Waals surface area contributed by atoms with Crippen molar-refractivity contribution in [2.45, 2.75) is 19.3 Å². The van der Waals surface area contributed by atoms with E-state index in [9.17, 15) is 14.0 Å². The molecule has 0 radical (unpaired) electrons. The lowest BCUT2D eigenvalue weighted by molar-refractivity contribution is -0.141. The van der Waals surface area contributed by atoms with Gasteiger partial charge in [0.25, 0.3) is 5.91 Å². The molecule has 152 valence electrons. The van der Waals surface area contributed by atoms with Crippen LogP contribution >= 0.6 is 0 Å². The van der Waals surface area contributed by atoms with Gasteiger partial charge >= 0.3 is 0 Å². The fourth-order valence-electron chi connectivity index (χ4n) is 3.90. The van der Waals surface area contributed by atoms with Crippen LogP contribution in [0.15, 0.2) is 48.5 Å². The first-order valence-electron chi connectivity index (χ1n) is 10.0. The van der Waals surface area contributed by atoms with Crippen molar-refractivity contribution in [2.75, 3.05) is 32.8 Å². The Balaban J connectivity index is 1.23. The molecule has 1 saturated carbocycles. The molecule has 5 nitrogen and oxygen atoms in total. The maximum absolute atomic E-state index is 13.1. The number of nitrogens with zero attached hydrogens (tertiary/aromatic N) is 2. The number of amides is 2. The van der Waals surface area contributed by atoms with Gasteiger partial charge in [0, 0.05) is 32.1 Å². The molecular weight excluding hydrogens is 371 g/mol. The number of carbonyl (C=O) groups excluding carboxylic acids is 2. The van der Waals surface area contributed by atoms with Crippen molar-refractivity contribution in [3.05, 3.63) is 65.5 Å². The molecule has 2 aromatic carbocycles. The maximum Gasteiger partial charge on any atom is 0.260 e. The van der Waals surface area contributed by atoms with Crippen molar-refractivity contribution in [1.29, 1.82) is 0 Å². The van der Waals surface area contributed by atoms with Gasteiger partial charge in [-0.3, -0.25) is 9.59 Å². The van der Waals surface area contributed by atoms with Gasteiger partial charge in [0.2, 0.25) is 5.91 Å². The van der Waals surface area contributed by atoms with Crippen LogP contribution in [-0.2, 0) is 9.59 Å². The summed E-state index contributed by atoms with van der Waals surface area (Å²) < 4.78 is 18.7. The van der Waals surface area contributed by atoms with Crippen molar-refractivity contribution >= 4 is 11.8 Å². The van der Waals surface area contributed by atoms with Gasteiger partial charge in [0.05, 0.1) is 0 Å². The van der Waals surface area contributed by atoms with Crippen molar-refractivity contribution in [3.63, 3.8) is 0 Å². The zero-order valence-corrected chi connectivity index (χ0v) is 16.5. The average molecular weight is 396 g/mol. The molecule has 2 aromatic rings. The van der Waals surface area contributed by atoms with Crippen molar-refractivity contribution in [1.82, 2.24) is 9.80 Å². The molecule has 1 heterocycles. The van der Waals surface area contributed by atoms with Crippen LogP contribution in [0.25, 0.3) is 0 Å². The molecule has 2 amide bonds. The lowest BCUT2D eigenvalue weighted by Gasteiger charge is -2.35. The molecule has 0 N–H and O–H groups in total. The summed E-state index contributed by atoms with van der Waals surface area (Å²) in [7, 11) is 0. The van der Waals surface area contributed by atoms with Gasteiger partial charge in [-0.05, 0) is 54.7 Å². The molecule has 1 aliphatic heterocycles. The van der Waals surface area contributed by atoms with E-state index in [0.29, 0.717) is 31.9 Å². The van der Waals surface area contributed by atoms with Gasteiger partial charge in [-0.1, -0.05) is 24.3 Å². The fraction of sp³-hybridized carbons (Fsp3) is 0.391. The monoisotopic (exact) mass is 396 g/mol. The van der Waals surface area contributed by atoms with Gasteiger partial charge in [0.1, 0.15) is 11.6 Å². The van der Waals surface area contributed by atoms with Crippen LogP contribution in [-0.4, -0.2) is 54.4 Å². The second-order valence-electron chi connectivity index (χ2n) is 7.81. The van der Waals surface area contributed by atoms with Crippen LogP contribution in [0.2, 0.25) is 0 Å². The molecule has 4 rings (SSSR count). The molecule has 1 saturated heterocycles. The topological polar surface area (TPSA) is 49.9 Å². The number of hydrogen-bond donors (Lipinski definition) is 0. The molecule has 0 bridgehead atoms. The third-order valence-electron chi connectivity index (χ3n) is 5.70. The first kappa shape index (κ1) is 19.4. The van der Waals surface area contributed by atoms with E-state index in [1.54, 1.807) is 17.0 Å². The highest BCUT2D eigenvalue weighted by Crippen LogP contribution is 2.48. The van der Waals surface area contributed by atoms with Crippen LogP contribution in [0.3, 0.4) is 0 Å². The van der Waals surface area contributed by atoms with Crippen LogP contribution in [0.5, 0.6) is 5.75 Å². The summed E-state index contributed by atoms with van der Waals surface area (Å²) in [5.41, 5.74) is 2.10. The summed E-state index contributed by atoms with van der Waals surface area (Å²) in [5.74, 6) is 0.673. The summed E-state index contributed by atoms with van der Waals surface area (Å²) in [6.45, 7) is 4.12. The number of carbonyl (C=O) groups is 2. The van der Waals surface area contributed by atoms with E-state index < -0.39 is 0 Å². The van der Waals surface area contributed by atoms with Crippen molar-refractivity contribution in [2.24, 2.45) is 5.92 Å². The highest BCUT2D eigenvalue weighted by molar-refractivity contribution is 5.83. The lowest BCUT2D eigenvalue weighted by atomic mass is 10.1. The van der Waals surface area contributed by atoms with Crippen LogP contribution < -0.4 is 4.74 Å². The van der Waals surface area contributed by atoms with Crippen LogP contribution in [0.1, 0.15) is 23.5 Å². The highest BCUT2D eigenvalue weighted by atomic mass is 19.1. The molecule has 1 aliphatic carbocycles. The van der Waals surface area contributed by atoms with Gasteiger partial charge in [-0.15, -0.1) is 0 Å². The first-order valence-corrected chi connectivity index (χ1v) is 10.0. The molecule has 2 fully saturated rings. The van der Waals surface area contributed by atoms with E-state index in [4.69, 9.17) is 4.74 Å². The Morgan fingerprint density at radius 1 is 1.03 bits per heavy atom. The average Bonchev–Trinajstić information content (AvgIpc) is 3.53. The maximum atomic E-state index is 13.1. The third-order valence-corrected chi connectivity index (χ3v) is 5.70. The normalized spacial score (nSPS) is 21.0. The number of hydrogen-bond acceptors (Lipinski definition) is 3. The van der Waals surface area contributed by atoms with Gasteiger partial charge < -0.3 is 14.5 Å². The number of rotatable bonds is 5. The third kappa shape index (κ3) is 4.58. The Morgan fingerprint density at radius 2 is 1.72 bits per heavy atom. The van der Waals surface area contributed by atoms with E-state index in [-0.39, 0.29) is 36.1 Å². The summed E-state index contributed by atoms with van der Waals surface area (Å²) in [4.78, 5) is 28.8. The molecule has 0 aromatic heterocycles. The van der Waals surface area contributed by atoms with Gasteiger partial charge in [-0.2, -0.15) is 0 Å². The van der Waals surface area contributed by atoms with E-state index in [1.807, 2.05) is 36.1 Å². The molecule has 29 heavy (non-hydrogen) atoms. The second-order valence-corrected chi connectivity index (χ2v) is 7.81. The Kier molecular flexibility index (Phi) is 5.51. The summed E-state index contributed by atoms with van der Waals surface area (Å²) in [6.07, 6.45) is 0.813. The molecule has 6 heteroatoms. The molecule has 2 atom stereocenters. The fourth-order valence-corrected chi connectivity index (χ4v) is 3.90. The lowest BCUT2D eigenvalue weighted by Crippen LogP contribution is -2.52. The Hall–Kier alpha value is -2.89. The van der Waals surface area contributed by atoms with E-state index in [1.165, 1.54) is 12.1 Å². The second kappa shape index (κ2) is 8.23. The van der Waals surface area contributed by atoms with E-state index in [0.717, 1.165) is 17.5 Å². The summed E-state index contributed by atoms with van der Waals surface area (Å²) >= 11 is 0. The summed E-state index contributed by atoms with van der Waals surface area (Å²) in [6, 6.07) is 14.0. The number of piperazine rings is 1. The summed E-state index contributed by atoms with van der Waals surface area (Å²) in [5, 5.41) is 0. The first-order chi connectivity index (χ1) is 14.0. The van der Waals surface area contributed by atoms with E-state index >= 15 is 0 Å². The van der Waals surface area contributed by atoms with Crippen molar-refractivity contribution < 1.29 is 18.7 Å². The Bertz CT molecular complexity index is 891. The quantitative estimate of drug-likeness (QED) is 0.781. The van der Waals surface area contributed by atoms with Crippen molar-refractivity contribution in [3.8, 4) is 5.75 Å². The molecular formula is C23H25FN2O3. The Labute approximate surface area is 170 Å². The number of halogens is 1. The minimum atomic E-state index is -0.260. The highest BCUT2D eigenvalue weighted by Gasteiger charge is 2.46. The smallest absolute Gasteiger partial charge is 0.260 e. The van der Waals surface area contributed by atoms with Crippen LogP contribution in [0, 0.1) is 18.7 Å². The minimum Gasteiger partial charge on any atom is -0.484 e. The number of ether oxygens (including phenoxy) is 1. The number of aryl methyl sites for hydroxylation is 1. The number of benzene rings is 2. The van der Waals surface area contributed by atoms with E-state index in [2.05, 4.69) is 0 Å².